The lowest BCUT2D eigenvalue weighted by Gasteiger charge is -2.12. The maximum Gasteiger partial charge on any atom is 0.271 e. The van der Waals surface area contributed by atoms with E-state index in [0.717, 1.165) is 21.9 Å². The van der Waals surface area contributed by atoms with Crippen LogP contribution in [-0.2, 0) is 6.61 Å². The van der Waals surface area contributed by atoms with E-state index in [4.69, 9.17) is 32.7 Å². The first-order valence-electron chi connectivity index (χ1n) is 10.1. The summed E-state index contributed by atoms with van der Waals surface area (Å²) >= 11 is 12.0. The lowest BCUT2D eigenvalue weighted by atomic mass is 10.0. The van der Waals surface area contributed by atoms with Crippen LogP contribution in [0.15, 0.2) is 84.0 Å². The molecule has 0 aliphatic rings. The minimum absolute atomic E-state index is 0.281. The predicted octanol–water partition coefficient (Wildman–Crippen LogP) is 6.50. The van der Waals surface area contributed by atoms with Crippen molar-refractivity contribution in [2.75, 3.05) is 7.11 Å². The van der Waals surface area contributed by atoms with E-state index >= 15 is 0 Å². The van der Waals surface area contributed by atoms with Crippen LogP contribution in [0.1, 0.15) is 21.5 Å². The van der Waals surface area contributed by atoms with E-state index in [0.29, 0.717) is 33.7 Å². The zero-order chi connectivity index (χ0) is 23.2. The Morgan fingerprint density at radius 3 is 2.58 bits per heavy atom. The number of carbonyl (C=O) groups excluding carboxylic acids is 1. The maximum atomic E-state index is 12.6. The third kappa shape index (κ3) is 5.45. The molecule has 0 saturated heterocycles. The molecule has 0 radical (unpaired) electrons. The summed E-state index contributed by atoms with van der Waals surface area (Å²) in [5, 5.41) is 6.93. The summed E-state index contributed by atoms with van der Waals surface area (Å²) in [5.41, 5.74) is 4.77. The molecular weight excluding hydrogens is 459 g/mol. The zero-order valence-corrected chi connectivity index (χ0v) is 19.2. The molecule has 4 aromatic rings. The monoisotopic (exact) mass is 478 g/mol. The Morgan fingerprint density at radius 1 is 0.939 bits per heavy atom. The topological polar surface area (TPSA) is 59.9 Å². The Hall–Kier alpha value is -3.54. The van der Waals surface area contributed by atoms with Gasteiger partial charge in [0.25, 0.3) is 5.91 Å². The first kappa shape index (κ1) is 22.6. The Labute approximate surface area is 201 Å². The van der Waals surface area contributed by atoms with Gasteiger partial charge >= 0.3 is 0 Å². The first-order chi connectivity index (χ1) is 16.0. The molecule has 0 spiro atoms. The summed E-state index contributed by atoms with van der Waals surface area (Å²) in [6, 6.07) is 24.0. The number of fused-ring (bicyclic) bond motifs is 1. The molecule has 5 nitrogen and oxygen atoms in total. The number of carbonyl (C=O) groups is 1. The Bertz CT molecular complexity index is 1330. The van der Waals surface area contributed by atoms with Gasteiger partial charge in [0.05, 0.1) is 23.4 Å². The van der Waals surface area contributed by atoms with E-state index in [1.807, 2.05) is 48.5 Å². The Balaban J connectivity index is 1.42. The maximum absolute atomic E-state index is 12.6. The summed E-state index contributed by atoms with van der Waals surface area (Å²) < 4.78 is 11.3. The van der Waals surface area contributed by atoms with E-state index in [9.17, 15) is 4.79 Å². The van der Waals surface area contributed by atoms with Crippen molar-refractivity contribution >= 4 is 46.1 Å². The molecule has 0 aromatic heterocycles. The van der Waals surface area contributed by atoms with Crippen LogP contribution < -0.4 is 14.9 Å². The summed E-state index contributed by atoms with van der Waals surface area (Å²) in [6.07, 6.45) is 1.55. The lowest BCUT2D eigenvalue weighted by Crippen LogP contribution is -2.17. The molecule has 33 heavy (non-hydrogen) atoms. The predicted molar refractivity (Wildman–Crippen MR) is 133 cm³/mol. The van der Waals surface area contributed by atoms with Crippen LogP contribution in [0.3, 0.4) is 0 Å². The van der Waals surface area contributed by atoms with Crippen molar-refractivity contribution in [3.8, 4) is 11.5 Å². The highest BCUT2D eigenvalue weighted by atomic mass is 35.5. The highest BCUT2D eigenvalue weighted by Crippen LogP contribution is 2.29. The fourth-order valence-corrected chi connectivity index (χ4v) is 3.64. The van der Waals surface area contributed by atoms with Gasteiger partial charge in [-0.1, -0.05) is 65.7 Å². The lowest BCUT2D eigenvalue weighted by molar-refractivity contribution is 0.0957. The molecular formula is C26H20Cl2N2O3. The second kappa shape index (κ2) is 10.4. The second-order valence-corrected chi connectivity index (χ2v) is 7.99. The van der Waals surface area contributed by atoms with E-state index in [1.165, 1.54) is 0 Å². The molecule has 0 heterocycles. The van der Waals surface area contributed by atoms with E-state index < -0.39 is 0 Å². The minimum atomic E-state index is -0.281. The number of rotatable bonds is 7. The summed E-state index contributed by atoms with van der Waals surface area (Å²) in [4.78, 5) is 12.6. The molecule has 4 aromatic carbocycles. The number of hydrogen-bond acceptors (Lipinski definition) is 4. The van der Waals surface area contributed by atoms with Crippen molar-refractivity contribution in [3.63, 3.8) is 0 Å². The SMILES string of the molecule is COc1cc(/C=N\NC(=O)c2cccc3ccccc23)ccc1OCc1ccc(Cl)c(Cl)c1. The van der Waals surface area contributed by atoms with Crippen molar-refractivity contribution < 1.29 is 14.3 Å². The molecule has 1 N–H and O–H groups in total. The quantitative estimate of drug-likeness (QED) is 0.243. The number of methoxy groups -OCH3 is 1. The fraction of sp³-hybridized carbons (Fsp3) is 0.0769. The number of amides is 1. The third-order valence-corrected chi connectivity index (χ3v) is 5.72. The average molecular weight is 479 g/mol. The van der Waals surface area contributed by atoms with Crippen LogP contribution in [-0.4, -0.2) is 19.2 Å². The van der Waals surface area contributed by atoms with Gasteiger partial charge in [0.15, 0.2) is 11.5 Å². The van der Waals surface area contributed by atoms with Crippen molar-refractivity contribution in [1.29, 1.82) is 0 Å². The van der Waals surface area contributed by atoms with Crippen LogP contribution in [0.2, 0.25) is 10.0 Å². The summed E-state index contributed by atoms with van der Waals surface area (Å²) in [6.45, 7) is 0.307. The van der Waals surface area contributed by atoms with E-state index in [2.05, 4.69) is 10.5 Å². The number of halogens is 2. The first-order valence-corrected chi connectivity index (χ1v) is 10.9. The minimum Gasteiger partial charge on any atom is -0.493 e. The molecule has 1 amide bonds. The molecule has 0 saturated carbocycles. The van der Waals surface area contributed by atoms with Crippen LogP contribution in [0.25, 0.3) is 10.8 Å². The zero-order valence-electron chi connectivity index (χ0n) is 17.7. The standard InChI is InChI=1S/C26H20Cl2N2O3/c1-32-25-14-17(10-12-24(25)33-16-18-9-11-22(27)23(28)13-18)15-29-30-26(31)21-8-4-6-19-5-2-3-7-20(19)21/h2-15H,16H2,1H3,(H,30,31)/b29-15-. The number of hydrazone groups is 1. The Morgan fingerprint density at radius 2 is 1.76 bits per heavy atom. The number of nitrogens with zero attached hydrogens (tertiary/aromatic N) is 1. The van der Waals surface area contributed by atoms with Crippen LogP contribution in [0, 0.1) is 0 Å². The van der Waals surface area contributed by atoms with Crippen molar-refractivity contribution in [2.45, 2.75) is 6.61 Å². The summed E-state index contributed by atoms with van der Waals surface area (Å²) in [7, 11) is 1.56. The van der Waals surface area contributed by atoms with Gasteiger partial charge in [-0.25, -0.2) is 5.43 Å². The molecule has 0 aliphatic heterocycles. The van der Waals surface area contributed by atoms with Gasteiger partial charge in [-0.05, 0) is 58.3 Å². The number of benzene rings is 4. The Kier molecular flexibility index (Phi) is 7.13. The largest absolute Gasteiger partial charge is 0.493 e. The molecule has 0 fully saturated rings. The van der Waals surface area contributed by atoms with Gasteiger partial charge in [0.1, 0.15) is 6.61 Å². The molecule has 4 rings (SSSR count). The van der Waals surface area contributed by atoms with E-state index in [1.54, 1.807) is 43.7 Å². The van der Waals surface area contributed by atoms with Gasteiger partial charge in [0.2, 0.25) is 0 Å². The van der Waals surface area contributed by atoms with E-state index in [-0.39, 0.29) is 5.91 Å². The number of ether oxygens (including phenoxy) is 2. The third-order valence-electron chi connectivity index (χ3n) is 4.98. The number of hydrogen-bond donors (Lipinski definition) is 1. The van der Waals surface area contributed by atoms with Crippen molar-refractivity contribution in [2.24, 2.45) is 5.10 Å². The highest BCUT2D eigenvalue weighted by molar-refractivity contribution is 6.42. The van der Waals surface area contributed by atoms with Gasteiger partial charge in [-0.3, -0.25) is 4.79 Å². The average Bonchev–Trinajstić information content (AvgIpc) is 2.84. The van der Waals surface area contributed by atoms with Crippen LogP contribution in [0.4, 0.5) is 0 Å². The van der Waals surface area contributed by atoms with Crippen molar-refractivity contribution in [1.82, 2.24) is 5.43 Å². The van der Waals surface area contributed by atoms with Crippen molar-refractivity contribution in [3.05, 3.63) is 106 Å². The second-order valence-electron chi connectivity index (χ2n) is 7.17. The van der Waals surface area contributed by atoms with Gasteiger partial charge in [0, 0.05) is 5.56 Å². The molecule has 0 aliphatic carbocycles. The normalized spacial score (nSPS) is 11.0. The van der Waals surface area contributed by atoms with Gasteiger partial charge < -0.3 is 9.47 Å². The molecule has 166 valence electrons. The highest BCUT2D eigenvalue weighted by Gasteiger charge is 2.09. The molecule has 0 atom stereocenters. The van der Waals surface area contributed by atoms with Gasteiger partial charge in [-0.15, -0.1) is 0 Å². The molecule has 0 bridgehead atoms. The van der Waals surface area contributed by atoms with Crippen LogP contribution >= 0.6 is 23.2 Å². The summed E-state index contributed by atoms with van der Waals surface area (Å²) in [5.74, 6) is 0.830. The van der Waals surface area contributed by atoms with Crippen LogP contribution in [0.5, 0.6) is 11.5 Å². The fourth-order valence-electron chi connectivity index (χ4n) is 3.32. The van der Waals surface area contributed by atoms with Gasteiger partial charge in [-0.2, -0.15) is 5.10 Å². The smallest absolute Gasteiger partial charge is 0.271 e. The number of nitrogens with one attached hydrogen (secondary N) is 1. The molecule has 7 heteroatoms. The molecule has 0 unspecified atom stereocenters.